The lowest BCUT2D eigenvalue weighted by atomic mass is 9.89. The van der Waals surface area contributed by atoms with Gasteiger partial charge in [-0.05, 0) is 30.9 Å². The van der Waals surface area contributed by atoms with Crippen molar-refractivity contribution in [3.8, 4) is 0 Å². The van der Waals surface area contributed by atoms with Crippen molar-refractivity contribution in [2.75, 3.05) is 5.32 Å². The number of anilines is 1. The Morgan fingerprint density at radius 2 is 2.16 bits per heavy atom. The van der Waals surface area contributed by atoms with Crippen LogP contribution >= 0.6 is 11.6 Å². The van der Waals surface area contributed by atoms with Gasteiger partial charge in [-0.15, -0.1) is 0 Å². The molecule has 0 aliphatic heterocycles. The maximum atomic E-state index is 11.6. The van der Waals surface area contributed by atoms with Crippen LogP contribution in [0.25, 0.3) is 0 Å². The normalized spacial score (nSPS) is 16.5. The van der Waals surface area contributed by atoms with Crippen LogP contribution in [0.5, 0.6) is 0 Å². The fraction of sp³-hybridized carbons (Fsp3) is 0.429. The number of amides is 2. The maximum absolute atomic E-state index is 11.6. The minimum atomic E-state index is -0.304. The summed E-state index contributed by atoms with van der Waals surface area (Å²) in [6.45, 7) is 0. The maximum Gasteiger partial charge on any atom is 0.323 e. The Labute approximate surface area is 118 Å². The van der Waals surface area contributed by atoms with Gasteiger partial charge in [-0.2, -0.15) is 0 Å². The fourth-order valence-corrected chi connectivity index (χ4v) is 2.39. The van der Waals surface area contributed by atoms with Crippen LogP contribution in [0.1, 0.15) is 32.1 Å². The molecule has 0 radical (unpaired) electrons. The number of nitrogens with zero attached hydrogens (tertiary/aromatic N) is 1. The molecule has 1 aliphatic carbocycles. The number of rotatable bonds is 3. The zero-order chi connectivity index (χ0) is 13.5. The molecule has 2 rings (SSSR count). The first-order valence-corrected chi connectivity index (χ1v) is 6.98. The summed E-state index contributed by atoms with van der Waals surface area (Å²) >= 11 is 5.85. The van der Waals surface area contributed by atoms with Crippen molar-refractivity contribution in [3.63, 3.8) is 0 Å². The van der Waals surface area contributed by atoms with Crippen LogP contribution in [0.15, 0.2) is 30.6 Å². The number of aromatic nitrogens is 1. The molecule has 0 saturated heterocycles. The van der Waals surface area contributed by atoms with Gasteiger partial charge in [0.05, 0.1) is 5.69 Å². The van der Waals surface area contributed by atoms with E-state index in [2.05, 4.69) is 21.7 Å². The molecule has 19 heavy (non-hydrogen) atoms. The fourth-order valence-electron chi connectivity index (χ4n) is 2.22. The molecule has 2 N–H and O–H groups in total. The van der Waals surface area contributed by atoms with Crippen molar-refractivity contribution in [1.29, 1.82) is 0 Å². The molecule has 1 aromatic heterocycles. The van der Waals surface area contributed by atoms with E-state index in [1.54, 1.807) is 24.5 Å². The zero-order valence-corrected chi connectivity index (χ0v) is 11.5. The minimum Gasteiger partial charge on any atom is -0.315 e. The Bertz CT molecular complexity index is 456. The molecule has 1 saturated carbocycles. The van der Waals surface area contributed by atoms with Gasteiger partial charge < -0.3 is 10.6 Å². The second-order valence-electron chi connectivity index (χ2n) is 4.70. The molecule has 0 bridgehead atoms. The van der Waals surface area contributed by atoms with E-state index in [-0.39, 0.29) is 11.2 Å². The van der Waals surface area contributed by atoms with Gasteiger partial charge in [0, 0.05) is 12.4 Å². The van der Waals surface area contributed by atoms with Gasteiger partial charge in [0.2, 0.25) is 0 Å². The van der Waals surface area contributed by atoms with Crippen molar-refractivity contribution in [2.24, 2.45) is 5.92 Å². The lowest BCUT2D eigenvalue weighted by Gasteiger charge is -2.17. The first-order valence-electron chi connectivity index (χ1n) is 6.60. The summed E-state index contributed by atoms with van der Waals surface area (Å²) in [7, 11) is 0. The molecule has 0 spiro atoms. The third kappa shape index (κ3) is 4.56. The Morgan fingerprint density at radius 3 is 2.89 bits per heavy atom. The molecule has 5 heteroatoms. The van der Waals surface area contributed by atoms with Crippen molar-refractivity contribution < 1.29 is 4.79 Å². The van der Waals surface area contributed by atoms with Gasteiger partial charge in [0.1, 0.15) is 0 Å². The van der Waals surface area contributed by atoms with E-state index in [1.165, 1.54) is 32.1 Å². The van der Waals surface area contributed by atoms with Crippen LogP contribution in [0.3, 0.4) is 0 Å². The summed E-state index contributed by atoms with van der Waals surface area (Å²) < 4.78 is 0. The molecule has 0 atom stereocenters. The monoisotopic (exact) mass is 279 g/mol. The molecule has 4 nitrogen and oxygen atoms in total. The average Bonchev–Trinajstić information content (AvgIpc) is 2.43. The van der Waals surface area contributed by atoms with Crippen LogP contribution < -0.4 is 10.6 Å². The number of nitrogens with one attached hydrogen (secondary N) is 2. The Hall–Kier alpha value is -1.55. The molecule has 102 valence electrons. The number of pyridine rings is 1. The summed E-state index contributed by atoms with van der Waals surface area (Å²) in [5.74, 6) is 0.594. The molecule has 1 fully saturated rings. The molecular weight excluding hydrogens is 262 g/mol. The highest BCUT2D eigenvalue weighted by atomic mass is 35.5. The summed E-state index contributed by atoms with van der Waals surface area (Å²) in [6.07, 6.45) is 11.7. The van der Waals surface area contributed by atoms with Crippen LogP contribution in [0.4, 0.5) is 10.5 Å². The lowest BCUT2D eigenvalue weighted by molar-refractivity contribution is 0.255. The number of urea groups is 1. The molecule has 2 amide bonds. The zero-order valence-electron chi connectivity index (χ0n) is 10.7. The van der Waals surface area contributed by atoms with E-state index in [1.807, 2.05) is 0 Å². The molecule has 1 aliphatic rings. The molecule has 1 heterocycles. The smallest absolute Gasteiger partial charge is 0.315 e. The topological polar surface area (TPSA) is 54.0 Å². The number of hydrogen-bond acceptors (Lipinski definition) is 2. The van der Waals surface area contributed by atoms with Crippen molar-refractivity contribution in [2.45, 2.75) is 32.1 Å². The Balaban J connectivity index is 1.78. The first-order chi connectivity index (χ1) is 9.25. The predicted octanol–water partition coefficient (Wildman–Crippen LogP) is 3.95. The highest BCUT2D eigenvalue weighted by Crippen LogP contribution is 2.24. The number of allylic oxidation sites excluding steroid dienone is 1. The van der Waals surface area contributed by atoms with Crippen molar-refractivity contribution >= 4 is 23.3 Å². The minimum absolute atomic E-state index is 0.286. The quantitative estimate of drug-likeness (QED) is 0.823. The summed E-state index contributed by atoms with van der Waals surface area (Å²) in [5, 5.41) is 5.63. The lowest BCUT2D eigenvalue weighted by Crippen LogP contribution is -2.24. The molecular formula is C14H18ClN3O. The van der Waals surface area contributed by atoms with E-state index in [0.29, 0.717) is 11.6 Å². The highest BCUT2D eigenvalue weighted by Gasteiger charge is 2.10. The third-order valence-electron chi connectivity index (χ3n) is 3.24. The van der Waals surface area contributed by atoms with Gasteiger partial charge >= 0.3 is 6.03 Å². The SMILES string of the molecule is O=C(N/C=C/C1CCCCC1)Nc1cccnc1Cl. The number of hydrogen-bond donors (Lipinski definition) is 2. The Morgan fingerprint density at radius 1 is 1.37 bits per heavy atom. The Kier molecular flexibility index (Phi) is 5.21. The molecule has 0 unspecified atom stereocenters. The number of carbonyl (C=O) groups excluding carboxylic acids is 1. The first kappa shape index (κ1) is 13.9. The third-order valence-corrected chi connectivity index (χ3v) is 3.54. The van der Waals surface area contributed by atoms with Crippen LogP contribution in [0.2, 0.25) is 5.15 Å². The van der Waals surface area contributed by atoms with Crippen molar-refractivity contribution in [3.05, 3.63) is 35.8 Å². The summed E-state index contributed by atoms with van der Waals surface area (Å²) in [6, 6.07) is 3.13. The van der Waals surface area contributed by atoms with E-state index in [9.17, 15) is 4.79 Å². The van der Waals surface area contributed by atoms with Gasteiger partial charge in [-0.25, -0.2) is 9.78 Å². The predicted molar refractivity (Wildman–Crippen MR) is 77.1 cm³/mol. The van der Waals surface area contributed by atoms with E-state index >= 15 is 0 Å². The van der Waals surface area contributed by atoms with Gasteiger partial charge in [-0.3, -0.25) is 0 Å². The summed E-state index contributed by atoms with van der Waals surface area (Å²) in [4.78, 5) is 15.5. The van der Waals surface area contributed by atoms with Crippen LogP contribution in [-0.2, 0) is 0 Å². The molecule has 1 aromatic rings. The van der Waals surface area contributed by atoms with Gasteiger partial charge in [-0.1, -0.05) is 36.9 Å². The average molecular weight is 280 g/mol. The van der Waals surface area contributed by atoms with E-state index in [0.717, 1.165) is 0 Å². The van der Waals surface area contributed by atoms with Crippen molar-refractivity contribution in [1.82, 2.24) is 10.3 Å². The number of halogens is 1. The van der Waals surface area contributed by atoms with Crippen LogP contribution in [0, 0.1) is 5.92 Å². The highest BCUT2D eigenvalue weighted by molar-refractivity contribution is 6.32. The standard InChI is InChI=1S/C14H18ClN3O/c15-13-12(7-4-9-16-13)18-14(19)17-10-8-11-5-2-1-3-6-11/h4,7-11H,1-3,5-6H2,(H2,17,18,19)/b10-8+. The largest absolute Gasteiger partial charge is 0.323 e. The van der Waals surface area contributed by atoms with Crippen LogP contribution in [-0.4, -0.2) is 11.0 Å². The van der Waals surface area contributed by atoms with Gasteiger partial charge in [0.25, 0.3) is 0 Å². The van der Waals surface area contributed by atoms with E-state index in [4.69, 9.17) is 11.6 Å². The number of carbonyl (C=O) groups is 1. The second-order valence-corrected chi connectivity index (χ2v) is 5.06. The van der Waals surface area contributed by atoms with E-state index < -0.39 is 0 Å². The second kappa shape index (κ2) is 7.14. The summed E-state index contributed by atoms with van der Waals surface area (Å²) in [5.41, 5.74) is 0.507. The molecule has 0 aromatic carbocycles. The van der Waals surface area contributed by atoms with Gasteiger partial charge in [0.15, 0.2) is 5.15 Å².